The fraction of sp³-hybridized carbons (Fsp3) is 0.143. The van der Waals surface area contributed by atoms with Crippen LogP contribution in [-0.4, -0.2) is 25.4 Å². The molecule has 0 aliphatic carbocycles. The second-order valence-corrected chi connectivity index (χ2v) is 5.08. The average molecular weight is 302 g/mol. The molecule has 2 rings (SSSR count). The molecule has 0 spiro atoms. The fourth-order valence-electron chi connectivity index (χ4n) is 1.71. The Morgan fingerprint density at radius 2 is 2.00 bits per heavy atom. The van der Waals surface area contributed by atoms with Gasteiger partial charge in [-0.15, -0.1) is 18.3 Å². The van der Waals surface area contributed by atoms with Crippen molar-refractivity contribution < 1.29 is 4.92 Å². The molecule has 7 heteroatoms. The number of allylic oxidation sites excluding steroid dienone is 1. The van der Waals surface area contributed by atoms with Crippen molar-refractivity contribution in [3.63, 3.8) is 0 Å². The van der Waals surface area contributed by atoms with Gasteiger partial charge in [0, 0.05) is 23.4 Å². The van der Waals surface area contributed by atoms with E-state index in [0.29, 0.717) is 17.5 Å². The number of rotatable bonds is 7. The number of hydrogen-bond acceptors (Lipinski definition) is 5. The van der Waals surface area contributed by atoms with Crippen LogP contribution in [-0.2, 0) is 6.54 Å². The Morgan fingerprint density at radius 1 is 1.29 bits per heavy atom. The van der Waals surface area contributed by atoms with E-state index in [9.17, 15) is 10.1 Å². The van der Waals surface area contributed by atoms with Crippen LogP contribution < -0.4 is 0 Å². The third-order valence-electron chi connectivity index (χ3n) is 2.62. The third-order valence-corrected chi connectivity index (χ3v) is 3.45. The molecule has 0 unspecified atom stereocenters. The zero-order valence-corrected chi connectivity index (χ0v) is 12.1. The zero-order chi connectivity index (χ0) is 15.2. The van der Waals surface area contributed by atoms with Crippen molar-refractivity contribution in [2.45, 2.75) is 11.7 Å². The first kappa shape index (κ1) is 15.0. The van der Waals surface area contributed by atoms with Gasteiger partial charge in [-0.2, -0.15) is 0 Å². The maximum Gasteiger partial charge on any atom is 0.269 e. The number of aromatic nitrogens is 3. The quantitative estimate of drug-likeness (QED) is 0.339. The molecule has 0 amide bonds. The zero-order valence-electron chi connectivity index (χ0n) is 11.3. The summed E-state index contributed by atoms with van der Waals surface area (Å²) in [6.07, 6.45) is 3.51. The van der Waals surface area contributed by atoms with E-state index in [1.165, 1.54) is 23.9 Å². The van der Waals surface area contributed by atoms with E-state index in [1.54, 1.807) is 29.0 Å². The van der Waals surface area contributed by atoms with E-state index >= 15 is 0 Å². The van der Waals surface area contributed by atoms with E-state index in [2.05, 4.69) is 23.2 Å². The Bertz CT molecular complexity index is 664. The number of non-ortho nitro benzene ring substituents is 1. The third kappa shape index (κ3) is 3.57. The van der Waals surface area contributed by atoms with Crippen molar-refractivity contribution in [1.82, 2.24) is 14.8 Å². The SMILES string of the molecule is C=CCSc1nc(-c2ccc([N+](=O)[O-])cc2)n(CC=C)n1. The molecule has 1 heterocycles. The highest BCUT2D eigenvalue weighted by Gasteiger charge is 2.13. The van der Waals surface area contributed by atoms with E-state index in [-0.39, 0.29) is 5.69 Å². The highest BCUT2D eigenvalue weighted by molar-refractivity contribution is 7.99. The maximum absolute atomic E-state index is 10.7. The molecule has 0 saturated heterocycles. The lowest BCUT2D eigenvalue weighted by molar-refractivity contribution is -0.384. The van der Waals surface area contributed by atoms with E-state index < -0.39 is 4.92 Å². The Kier molecular flexibility index (Phi) is 4.89. The van der Waals surface area contributed by atoms with E-state index in [1.807, 2.05) is 0 Å². The minimum atomic E-state index is -0.427. The van der Waals surface area contributed by atoms with Gasteiger partial charge in [-0.1, -0.05) is 23.9 Å². The lowest BCUT2D eigenvalue weighted by Gasteiger charge is -2.02. The van der Waals surface area contributed by atoms with Crippen molar-refractivity contribution >= 4 is 17.4 Å². The summed E-state index contributed by atoms with van der Waals surface area (Å²) >= 11 is 1.48. The first-order valence-electron chi connectivity index (χ1n) is 6.20. The van der Waals surface area contributed by atoms with Gasteiger partial charge in [-0.3, -0.25) is 10.1 Å². The predicted octanol–water partition coefficient (Wildman–Crippen LogP) is 3.32. The van der Waals surface area contributed by atoms with Crippen molar-refractivity contribution in [3.8, 4) is 11.4 Å². The molecule has 2 aromatic rings. The standard InChI is InChI=1S/C14H14N4O2S/c1-3-9-17-13(15-14(16-17)21-10-4-2)11-5-7-12(8-6-11)18(19)20/h3-8H,1-2,9-10H2. The summed E-state index contributed by atoms with van der Waals surface area (Å²) < 4.78 is 1.72. The number of nitro benzene ring substituents is 1. The molecule has 0 N–H and O–H groups in total. The van der Waals surface area contributed by atoms with Crippen LogP contribution in [0.3, 0.4) is 0 Å². The second kappa shape index (κ2) is 6.85. The van der Waals surface area contributed by atoms with E-state index in [0.717, 1.165) is 11.3 Å². The van der Waals surface area contributed by atoms with Crippen molar-refractivity contribution in [2.75, 3.05) is 5.75 Å². The molecular formula is C14H14N4O2S. The lowest BCUT2D eigenvalue weighted by atomic mass is 10.2. The molecule has 108 valence electrons. The van der Waals surface area contributed by atoms with Gasteiger partial charge >= 0.3 is 0 Å². The van der Waals surface area contributed by atoms with Gasteiger partial charge in [0.15, 0.2) is 5.82 Å². The number of benzene rings is 1. The normalized spacial score (nSPS) is 10.3. The van der Waals surface area contributed by atoms with Crippen LogP contribution in [0.25, 0.3) is 11.4 Å². The summed E-state index contributed by atoms with van der Waals surface area (Å²) in [5.74, 6) is 1.38. The first-order valence-corrected chi connectivity index (χ1v) is 7.18. The summed E-state index contributed by atoms with van der Waals surface area (Å²) in [6.45, 7) is 7.88. The smallest absolute Gasteiger partial charge is 0.258 e. The molecule has 0 bridgehead atoms. The number of thioether (sulfide) groups is 1. The molecule has 1 aromatic carbocycles. The Balaban J connectivity index is 2.35. The van der Waals surface area contributed by atoms with Gasteiger partial charge < -0.3 is 0 Å². The topological polar surface area (TPSA) is 73.8 Å². The average Bonchev–Trinajstić information content (AvgIpc) is 2.88. The minimum absolute atomic E-state index is 0.0507. The molecular weight excluding hydrogens is 288 g/mol. The van der Waals surface area contributed by atoms with Gasteiger partial charge in [0.05, 0.1) is 11.5 Å². The van der Waals surface area contributed by atoms with Crippen LogP contribution in [0.15, 0.2) is 54.7 Å². The summed E-state index contributed by atoms with van der Waals surface area (Å²) in [5, 5.41) is 15.7. The van der Waals surface area contributed by atoms with Crippen LogP contribution >= 0.6 is 11.8 Å². The number of nitro groups is 1. The maximum atomic E-state index is 10.7. The van der Waals surface area contributed by atoms with Gasteiger partial charge in [-0.05, 0) is 12.1 Å². The molecule has 0 aliphatic rings. The Hall–Kier alpha value is -2.41. The molecule has 6 nitrogen and oxygen atoms in total. The molecule has 0 radical (unpaired) electrons. The Labute approximate surface area is 126 Å². The largest absolute Gasteiger partial charge is 0.269 e. The van der Waals surface area contributed by atoms with Crippen LogP contribution in [0.1, 0.15) is 0 Å². The minimum Gasteiger partial charge on any atom is -0.258 e. The van der Waals surface area contributed by atoms with Gasteiger partial charge in [0.25, 0.3) is 5.69 Å². The van der Waals surface area contributed by atoms with Crippen LogP contribution in [0.2, 0.25) is 0 Å². The molecule has 21 heavy (non-hydrogen) atoms. The highest BCUT2D eigenvalue weighted by Crippen LogP contribution is 2.24. The Morgan fingerprint density at radius 3 is 2.57 bits per heavy atom. The second-order valence-electron chi connectivity index (χ2n) is 4.09. The molecule has 0 saturated carbocycles. The monoisotopic (exact) mass is 302 g/mol. The lowest BCUT2D eigenvalue weighted by Crippen LogP contribution is -2.00. The summed E-state index contributed by atoms with van der Waals surface area (Å²) in [4.78, 5) is 14.7. The summed E-state index contributed by atoms with van der Waals surface area (Å²) in [7, 11) is 0. The highest BCUT2D eigenvalue weighted by atomic mass is 32.2. The van der Waals surface area contributed by atoms with Crippen LogP contribution in [0.4, 0.5) is 5.69 Å². The number of hydrogen-bond donors (Lipinski definition) is 0. The molecule has 0 fully saturated rings. The number of nitrogens with zero attached hydrogens (tertiary/aromatic N) is 4. The van der Waals surface area contributed by atoms with Crippen molar-refractivity contribution in [1.29, 1.82) is 0 Å². The fourth-order valence-corrected chi connectivity index (χ4v) is 2.29. The van der Waals surface area contributed by atoms with Gasteiger partial charge in [-0.25, -0.2) is 9.67 Å². The molecule has 0 atom stereocenters. The predicted molar refractivity (Wildman–Crippen MR) is 83.2 cm³/mol. The van der Waals surface area contributed by atoms with Gasteiger partial charge in [0.1, 0.15) is 0 Å². The molecule has 1 aromatic heterocycles. The van der Waals surface area contributed by atoms with Crippen molar-refractivity contribution in [3.05, 3.63) is 59.7 Å². The summed E-state index contributed by atoms with van der Waals surface area (Å²) in [6, 6.07) is 6.25. The first-order chi connectivity index (χ1) is 10.2. The van der Waals surface area contributed by atoms with E-state index in [4.69, 9.17) is 0 Å². The van der Waals surface area contributed by atoms with Crippen LogP contribution in [0.5, 0.6) is 0 Å². The summed E-state index contributed by atoms with van der Waals surface area (Å²) in [5.41, 5.74) is 0.829. The van der Waals surface area contributed by atoms with Crippen LogP contribution in [0, 0.1) is 10.1 Å². The van der Waals surface area contributed by atoms with Crippen molar-refractivity contribution in [2.24, 2.45) is 0 Å². The van der Waals surface area contributed by atoms with Gasteiger partial charge in [0.2, 0.25) is 5.16 Å². The molecule has 0 aliphatic heterocycles.